The summed E-state index contributed by atoms with van der Waals surface area (Å²) < 4.78 is 26.0. The van der Waals surface area contributed by atoms with Crippen molar-refractivity contribution in [2.75, 3.05) is 0 Å². The minimum absolute atomic E-state index is 0.130. The summed E-state index contributed by atoms with van der Waals surface area (Å²) in [5, 5.41) is 9.47. The molecule has 0 unspecified atom stereocenters. The van der Waals surface area contributed by atoms with Gasteiger partial charge in [-0.2, -0.15) is 0 Å². The lowest BCUT2D eigenvalue weighted by molar-refractivity contribution is 0.112. The second-order valence-corrected chi connectivity index (χ2v) is 3.55. The molecule has 0 radical (unpaired) electrons. The Morgan fingerprint density at radius 1 is 0.941 bits per heavy atom. The summed E-state index contributed by atoms with van der Waals surface area (Å²) in [6.07, 6.45) is 0.505. The van der Waals surface area contributed by atoms with Crippen molar-refractivity contribution in [2.45, 2.75) is 0 Å². The Kier molecular flexibility index (Phi) is 2.87. The molecule has 2 aromatic rings. The maximum absolute atomic E-state index is 13.0. The number of hydrogen-bond acceptors (Lipinski definition) is 2. The van der Waals surface area contributed by atoms with E-state index in [-0.39, 0.29) is 11.3 Å². The van der Waals surface area contributed by atoms with Crippen LogP contribution in [0.2, 0.25) is 0 Å². The van der Waals surface area contributed by atoms with E-state index >= 15 is 0 Å². The van der Waals surface area contributed by atoms with Crippen LogP contribution in [0.15, 0.2) is 36.4 Å². The van der Waals surface area contributed by atoms with Gasteiger partial charge in [-0.1, -0.05) is 6.07 Å². The van der Waals surface area contributed by atoms with Gasteiger partial charge in [0.1, 0.15) is 17.4 Å². The zero-order chi connectivity index (χ0) is 12.4. The van der Waals surface area contributed by atoms with Crippen molar-refractivity contribution in [1.29, 1.82) is 0 Å². The summed E-state index contributed by atoms with van der Waals surface area (Å²) in [5.41, 5.74) is 0.868. The summed E-state index contributed by atoms with van der Waals surface area (Å²) in [6.45, 7) is 0. The van der Waals surface area contributed by atoms with Crippen molar-refractivity contribution >= 4 is 6.29 Å². The Labute approximate surface area is 96.1 Å². The molecule has 0 fully saturated rings. The van der Waals surface area contributed by atoms with E-state index in [1.54, 1.807) is 0 Å². The van der Waals surface area contributed by atoms with Gasteiger partial charge in [0.25, 0.3) is 0 Å². The first kappa shape index (κ1) is 11.3. The van der Waals surface area contributed by atoms with Crippen molar-refractivity contribution in [2.24, 2.45) is 0 Å². The number of phenolic OH excluding ortho intramolecular Hbond substituents is 1. The number of carbonyl (C=O) groups is 1. The second-order valence-electron chi connectivity index (χ2n) is 3.55. The fraction of sp³-hybridized carbons (Fsp3) is 0. The lowest BCUT2D eigenvalue weighted by Crippen LogP contribution is -1.86. The van der Waals surface area contributed by atoms with Crippen LogP contribution in [0.3, 0.4) is 0 Å². The second kappa shape index (κ2) is 4.33. The van der Waals surface area contributed by atoms with Crippen molar-refractivity contribution in [3.8, 4) is 16.9 Å². The fourth-order valence-electron chi connectivity index (χ4n) is 1.54. The van der Waals surface area contributed by atoms with Gasteiger partial charge in [0, 0.05) is 6.07 Å². The van der Waals surface area contributed by atoms with E-state index in [4.69, 9.17) is 0 Å². The third-order valence-corrected chi connectivity index (χ3v) is 2.35. The molecule has 0 atom stereocenters. The smallest absolute Gasteiger partial charge is 0.153 e. The van der Waals surface area contributed by atoms with Crippen molar-refractivity contribution in [3.63, 3.8) is 0 Å². The summed E-state index contributed by atoms with van der Waals surface area (Å²) in [6, 6.07) is 7.26. The molecule has 2 aromatic carbocycles. The molecule has 0 saturated heterocycles. The van der Waals surface area contributed by atoms with Gasteiger partial charge in [-0.3, -0.25) is 4.79 Å². The average Bonchev–Trinajstić information content (AvgIpc) is 2.27. The molecule has 0 aliphatic carbocycles. The SMILES string of the molecule is O=Cc1ccc(-c2cc(F)cc(F)c2)cc1O. The first-order valence-corrected chi connectivity index (χ1v) is 4.85. The lowest BCUT2D eigenvalue weighted by atomic mass is 10.0. The molecule has 0 aliphatic heterocycles. The Morgan fingerprint density at radius 3 is 2.12 bits per heavy atom. The van der Waals surface area contributed by atoms with Gasteiger partial charge in [0.15, 0.2) is 6.29 Å². The van der Waals surface area contributed by atoms with Crippen LogP contribution in [-0.2, 0) is 0 Å². The molecule has 0 aliphatic rings. The van der Waals surface area contributed by atoms with Gasteiger partial charge < -0.3 is 5.11 Å². The highest BCUT2D eigenvalue weighted by atomic mass is 19.1. The van der Waals surface area contributed by atoms with Crippen LogP contribution in [-0.4, -0.2) is 11.4 Å². The first-order valence-electron chi connectivity index (χ1n) is 4.85. The molecule has 0 bridgehead atoms. The minimum atomic E-state index is -0.695. The van der Waals surface area contributed by atoms with Crippen molar-refractivity contribution < 1.29 is 18.7 Å². The molecule has 2 nitrogen and oxygen atoms in total. The van der Waals surface area contributed by atoms with Gasteiger partial charge in [0.2, 0.25) is 0 Å². The predicted octanol–water partition coefficient (Wildman–Crippen LogP) is 3.15. The third-order valence-electron chi connectivity index (χ3n) is 2.35. The summed E-state index contributed by atoms with van der Waals surface area (Å²) in [7, 11) is 0. The van der Waals surface area contributed by atoms with Crippen LogP contribution in [0.4, 0.5) is 8.78 Å². The van der Waals surface area contributed by atoms with Crippen molar-refractivity contribution in [1.82, 2.24) is 0 Å². The number of hydrogen-bond donors (Lipinski definition) is 1. The first-order chi connectivity index (χ1) is 8.10. The Bertz CT molecular complexity index is 559. The van der Waals surface area contributed by atoms with Crippen LogP contribution in [0, 0.1) is 11.6 Å². The molecule has 0 saturated carbocycles. The molecule has 17 heavy (non-hydrogen) atoms. The number of aldehydes is 1. The molecule has 0 amide bonds. The average molecular weight is 234 g/mol. The van der Waals surface area contributed by atoms with E-state index in [9.17, 15) is 18.7 Å². The Morgan fingerprint density at radius 2 is 1.59 bits per heavy atom. The van der Waals surface area contributed by atoms with Gasteiger partial charge in [0.05, 0.1) is 5.56 Å². The van der Waals surface area contributed by atoms with Crippen LogP contribution in [0.5, 0.6) is 5.75 Å². The van der Waals surface area contributed by atoms with E-state index in [1.165, 1.54) is 18.2 Å². The molecular formula is C13H8F2O2. The quantitative estimate of drug-likeness (QED) is 0.810. The van der Waals surface area contributed by atoms with Crippen LogP contribution >= 0.6 is 0 Å². The number of benzene rings is 2. The van der Waals surface area contributed by atoms with Crippen LogP contribution in [0.25, 0.3) is 11.1 Å². The highest BCUT2D eigenvalue weighted by Crippen LogP contribution is 2.26. The maximum atomic E-state index is 13.0. The lowest BCUT2D eigenvalue weighted by Gasteiger charge is -2.04. The van der Waals surface area contributed by atoms with Gasteiger partial charge in [-0.15, -0.1) is 0 Å². The normalized spacial score (nSPS) is 10.2. The monoisotopic (exact) mass is 234 g/mol. The van der Waals surface area contributed by atoms with Crippen molar-refractivity contribution in [3.05, 3.63) is 53.6 Å². The van der Waals surface area contributed by atoms with Gasteiger partial charge in [-0.25, -0.2) is 8.78 Å². The van der Waals surface area contributed by atoms with Gasteiger partial charge >= 0.3 is 0 Å². The zero-order valence-electron chi connectivity index (χ0n) is 8.65. The van der Waals surface area contributed by atoms with E-state index < -0.39 is 11.6 Å². The Balaban J connectivity index is 2.53. The zero-order valence-corrected chi connectivity index (χ0v) is 8.65. The molecule has 2 rings (SSSR count). The number of carbonyl (C=O) groups excluding carboxylic acids is 1. The van der Waals surface area contributed by atoms with E-state index in [1.807, 2.05) is 0 Å². The predicted molar refractivity (Wildman–Crippen MR) is 58.8 cm³/mol. The van der Waals surface area contributed by atoms with Crippen LogP contribution in [0.1, 0.15) is 10.4 Å². The van der Waals surface area contributed by atoms with E-state index in [0.29, 0.717) is 17.4 Å². The number of aromatic hydroxyl groups is 1. The fourth-order valence-corrected chi connectivity index (χ4v) is 1.54. The topological polar surface area (TPSA) is 37.3 Å². The maximum Gasteiger partial charge on any atom is 0.153 e. The molecule has 4 heteroatoms. The summed E-state index contributed by atoms with van der Waals surface area (Å²) in [4.78, 5) is 10.5. The van der Waals surface area contributed by atoms with E-state index in [2.05, 4.69) is 0 Å². The van der Waals surface area contributed by atoms with E-state index in [0.717, 1.165) is 18.2 Å². The molecule has 0 heterocycles. The number of phenols is 1. The third kappa shape index (κ3) is 2.30. The van der Waals surface area contributed by atoms with Crippen LogP contribution < -0.4 is 0 Å². The molecule has 1 N–H and O–H groups in total. The standard InChI is InChI=1S/C13H8F2O2/c14-11-3-10(4-12(15)6-11)8-1-2-9(7-16)13(17)5-8/h1-7,17H. The molecule has 86 valence electrons. The molecular weight excluding hydrogens is 226 g/mol. The highest BCUT2D eigenvalue weighted by Gasteiger charge is 2.06. The largest absolute Gasteiger partial charge is 0.507 e. The number of halogens is 2. The molecule has 0 spiro atoms. The summed E-state index contributed by atoms with van der Waals surface area (Å²) >= 11 is 0. The molecule has 0 aromatic heterocycles. The number of rotatable bonds is 2. The summed E-state index contributed by atoms with van der Waals surface area (Å²) in [5.74, 6) is -1.61. The highest BCUT2D eigenvalue weighted by molar-refractivity contribution is 5.81. The van der Waals surface area contributed by atoms with Gasteiger partial charge in [-0.05, 0) is 35.4 Å². The Hall–Kier alpha value is -2.23. The minimum Gasteiger partial charge on any atom is -0.507 e.